The molecule has 2 atom stereocenters. The van der Waals surface area contributed by atoms with Gasteiger partial charge in [-0.05, 0) is 57.0 Å². The highest BCUT2D eigenvalue weighted by Crippen LogP contribution is 2.21. The summed E-state index contributed by atoms with van der Waals surface area (Å²) >= 11 is 0. The highest BCUT2D eigenvalue weighted by Gasteiger charge is 2.25. The second kappa shape index (κ2) is 7.52. The van der Waals surface area contributed by atoms with Gasteiger partial charge in [0.15, 0.2) is 0 Å². The van der Waals surface area contributed by atoms with E-state index >= 15 is 0 Å². The SMILES string of the molecule is CC(O)CC1CCCCN1CC(=O)Nc1ccc(F)cc1. The fraction of sp³-hybridized carbons (Fsp3) is 0.562. The minimum atomic E-state index is -0.351. The molecule has 2 rings (SSSR count). The lowest BCUT2D eigenvalue weighted by atomic mass is 9.97. The van der Waals surface area contributed by atoms with E-state index in [2.05, 4.69) is 10.2 Å². The van der Waals surface area contributed by atoms with Crippen LogP contribution in [0.25, 0.3) is 0 Å². The van der Waals surface area contributed by atoms with Crippen LogP contribution in [0.2, 0.25) is 0 Å². The molecule has 0 bridgehead atoms. The Hall–Kier alpha value is -1.46. The fourth-order valence-electron chi connectivity index (χ4n) is 2.85. The Balaban J connectivity index is 1.89. The minimum absolute atomic E-state index is 0.0981. The molecule has 2 unspecified atom stereocenters. The van der Waals surface area contributed by atoms with Crippen LogP contribution in [0.5, 0.6) is 0 Å². The Morgan fingerprint density at radius 2 is 2.14 bits per heavy atom. The van der Waals surface area contributed by atoms with Crippen LogP contribution < -0.4 is 5.32 Å². The van der Waals surface area contributed by atoms with Crippen LogP contribution in [-0.4, -0.2) is 41.1 Å². The second-order valence-electron chi connectivity index (χ2n) is 5.76. The Morgan fingerprint density at radius 1 is 1.43 bits per heavy atom. The van der Waals surface area contributed by atoms with E-state index in [0.717, 1.165) is 25.8 Å². The van der Waals surface area contributed by atoms with Crippen molar-refractivity contribution in [1.29, 1.82) is 0 Å². The molecule has 1 heterocycles. The van der Waals surface area contributed by atoms with Crippen molar-refractivity contribution in [1.82, 2.24) is 4.90 Å². The highest BCUT2D eigenvalue weighted by atomic mass is 19.1. The van der Waals surface area contributed by atoms with Crippen molar-refractivity contribution in [2.45, 2.75) is 44.8 Å². The van der Waals surface area contributed by atoms with Crippen LogP contribution in [0.15, 0.2) is 24.3 Å². The summed E-state index contributed by atoms with van der Waals surface area (Å²) in [5, 5.41) is 12.3. The number of hydrogen-bond donors (Lipinski definition) is 2. The maximum Gasteiger partial charge on any atom is 0.238 e. The van der Waals surface area contributed by atoms with Crippen molar-refractivity contribution in [3.8, 4) is 0 Å². The maximum absolute atomic E-state index is 12.8. The van der Waals surface area contributed by atoms with Gasteiger partial charge in [0.1, 0.15) is 5.82 Å². The highest BCUT2D eigenvalue weighted by molar-refractivity contribution is 5.92. The first-order valence-corrected chi connectivity index (χ1v) is 7.52. The third-order valence-electron chi connectivity index (χ3n) is 3.84. The number of rotatable bonds is 5. The molecule has 0 aliphatic carbocycles. The van der Waals surface area contributed by atoms with Crippen LogP contribution in [0, 0.1) is 5.82 Å². The number of anilines is 1. The number of likely N-dealkylation sites (tertiary alicyclic amines) is 1. The maximum atomic E-state index is 12.8. The van der Waals surface area contributed by atoms with Gasteiger partial charge in [0.05, 0.1) is 12.6 Å². The van der Waals surface area contributed by atoms with E-state index in [1.165, 1.54) is 12.1 Å². The second-order valence-corrected chi connectivity index (χ2v) is 5.76. The molecule has 21 heavy (non-hydrogen) atoms. The Kier molecular flexibility index (Phi) is 5.70. The largest absolute Gasteiger partial charge is 0.393 e. The number of halogens is 1. The summed E-state index contributed by atoms with van der Waals surface area (Å²) in [5.74, 6) is -0.417. The van der Waals surface area contributed by atoms with Gasteiger partial charge in [-0.15, -0.1) is 0 Å². The van der Waals surface area contributed by atoms with E-state index in [1.54, 1.807) is 19.1 Å². The minimum Gasteiger partial charge on any atom is -0.393 e. The Morgan fingerprint density at radius 3 is 2.81 bits per heavy atom. The number of nitrogens with zero attached hydrogens (tertiary/aromatic N) is 1. The molecule has 1 saturated heterocycles. The van der Waals surface area contributed by atoms with E-state index in [0.29, 0.717) is 18.7 Å². The van der Waals surface area contributed by atoms with Gasteiger partial charge in [-0.25, -0.2) is 4.39 Å². The molecule has 0 aromatic heterocycles. The summed E-state index contributed by atoms with van der Waals surface area (Å²) in [6, 6.07) is 6.02. The Bertz CT molecular complexity index is 462. The number of hydrogen-bond acceptors (Lipinski definition) is 3. The van der Waals surface area contributed by atoms with E-state index in [9.17, 15) is 14.3 Å². The molecule has 1 aliphatic heterocycles. The number of amides is 1. The molecule has 1 aliphatic rings. The molecule has 2 N–H and O–H groups in total. The van der Waals surface area contributed by atoms with Gasteiger partial charge in [-0.2, -0.15) is 0 Å². The molecular formula is C16H23FN2O2. The average molecular weight is 294 g/mol. The zero-order valence-corrected chi connectivity index (χ0v) is 12.4. The molecule has 0 radical (unpaired) electrons. The van der Waals surface area contributed by atoms with Crippen LogP contribution >= 0.6 is 0 Å². The number of aliphatic hydroxyl groups excluding tert-OH is 1. The van der Waals surface area contributed by atoms with Crippen molar-refractivity contribution < 1.29 is 14.3 Å². The predicted molar refractivity (Wildman–Crippen MR) is 80.5 cm³/mol. The monoisotopic (exact) mass is 294 g/mol. The predicted octanol–water partition coefficient (Wildman–Crippen LogP) is 2.39. The third-order valence-corrected chi connectivity index (χ3v) is 3.84. The summed E-state index contributed by atoms with van der Waals surface area (Å²) in [4.78, 5) is 14.2. The van der Waals surface area contributed by atoms with Crippen molar-refractivity contribution in [3.05, 3.63) is 30.1 Å². The molecule has 1 amide bonds. The Labute approximate surface area is 125 Å². The summed E-state index contributed by atoms with van der Waals surface area (Å²) in [7, 11) is 0. The smallest absolute Gasteiger partial charge is 0.238 e. The van der Waals surface area contributed by atoms with Crippen LogP contribution in [0.1, 0.15) is 32.6 Å². The fourth-order valence-corrected chi connectivity index (χ4v) is 2.85. The summed E-state index contributed by atoms with van der Waals surface area (Å²) in [6.45, 7) is 2.98. The number of aliphatic hydroxyl groups is 1. The van der Waals surface area contributed by atoms with Crippen molar-refractivity contribution in [3.63, 3.8) is 0 Å². The molecule has 1 aromatic carbocycles. The number of carbonyl (C=O) groups excluding carboxylic acids is 1. The lowest BCUT2D eigenvalue weighted by Crippen LogP contribution is -2.45. The van der Waals surface area contributed by atoms with Gasteiger partial charge >= 0.3 is 0 Å². The topological polar surface area (TPSA) is 52.6 Å². The molecule has 0 spiro atoms. The number of carbonyl (C=O) groups is 1. The lowest BCUT2D eigenvalue weighted by Gasteiger charge is -2.35. The molecule has 5 heteroatoms. The molecule has 1 aromatic rings. The standard InChI is InChI=1S/C16H23FN2O2/c1-12(20)10-15-4-2-3-9-19(15)11-16(21)18-14-7-5-13(17)6-8-14/h5-8,12,15,20H,2-4,9-11H2,1H3,(H,18,21). The molecule has 0 saturated carbocycles. The van der Waals surface area contributed by atoms with E-state index in [-0.39, 0.29) is 23.9 Å². The quantitative estimate of drug-likeness (QED) is 0.876. The number of piperidine rings is 1. The van der Waals surface area contributed by atoms with Gasteiger partial charge < -0.3 is 10.4 Å². The van der Waals surface area contributed by atoms with Crippen molar-refractivity contribution in [2.75, 3.05) is 18.4 Å². The lowest BCUT2D eigenvalue weighted by molar-refractivity contribution is -0.118. The molecule has 1 fully saturated rings. The molecule has 4 nitrogen and oxygen atoms in total. The van der Waals surface area contributed by atoms with Gasteiger partial charge in [0.25, 0.3) is 0 Å². The van der Waals surface area contributed by atoms with Crippen LogP contribution in [-0.2, 0) is 4.79 Å². The first kappa shape index (κ1) is 15.9. The van der Waals surface area contributed by atoms with Gasteiger partial charge in [0, 0.05) is 11.7 Å². The molecular weight excluding hydrogens is 271 g/mol. The van der Waals surface area contributed by atoms with Gasteiger partial charge in [0.2, 0.25) is 5.91 Å². The summed E-state index contributed by atoms with van der Waals surface area (Å²) in [5.41, 5.74) is 0.602. The van der Waals surface area contributed by atoms with Gasteiger partial charge in [-0.3, -0.25) is 9.69 Å². The van der Waals surface area contributed by atoms with Crippen molar-refractivity contribution in [2.24, 2.45) is 0 Å². The zero-order valence-electron chi connectivity index (χ0n) is 12.4. The average Bonchev–Trinajstić information content (AvgIpc) is 2.43. The first-order chi connectivity index (χ1) is 10.0. The number of benzene rings is 1. The zero-order chi connectivity index (χ0) is 15.2. The van der Waals surface area contributed by atoms with E-state index < -0.39 is 0 Å². The van der Waals surface area contributed by atoms with Crippen LogP contribution in [0.3, 0.4) is 0 Å². The summed E-state index contributed by atoms with van der Waals surface area (Å²) in [6.07, 6.45) is 3.60. The van der Waals surface area contributed by atoms with Crippen molar-refractivity contribution >= 4 is 11.6 Å². The van der Waals surface area contributed by atoms with Crippen LogP contribution in [0.4, 0.5) is 10.1 Å². The number of nitrogens with one attached hydrogen (secondary N) is 1. The first-order valence-electron chi connectivity index (χ1n) is 7.52. The molecule has 116 valence electrons. The van der Waals surface area contributed by atoms with Gasteiger partial charge in [-0.1, -0.05) is 6.42 Å². The third kappa shape index (κ3) is 5.10. The normalized spacial score (nSPS) is 21.0. The van der Waals surface area contributed by atoms with E-state index in [1.807, 2.05) is 0 Å². The van der Waals surface area contributed by atoms with E-state index in [4.69, 9.17) is 0 Å². The summed E-state index contributed by atoms with van der Waals surface area (Å²) < 4.78 is 12.8.